The summed E-state index contributed by atoms with van der Waals surface area (Å²) in [6.45, 7) is 5.80. The van der Waals surface area contributed by atoms with Crippen LogP contribution in [0, 0.1) is 6.92 Å². The Kier molecular flexibility index (Phi) is 2.91. The van der Waals surface area contributed by atoms with Crippen LogP contribution in [0.1, 0.15) is 25.1 Å². The first-order chi connectivity index (χ1) is 8.32. The van der Waals surface area contributed by atoms with Crippen LogP contribution < -0.4 is 11.4 Å². The maximum Gasteiger partial charge on any atom is 0.332 e. The van der Waals surface area contributed by atoms with Gasteiger partial charge in [0.2, 0.25) is 0 Å². The quantitative estimate of drug-likeness (QED) is 0.875. The van der Waals surface area contributed by atoms with Crippen molar-refractivity contribution in [1.82, 2.24) is 9.13 Å². The molecular weight excluding hydrogens is 226 g/mol. The molecule has 0 bridgehead atoms. The average molecular weight is 245 g/mol. The minimum Gasteiger partial charge on any atom is -0.322 e. The highest BCUT2D eigenvalue weighted by Gasteiger charge is 2.20. The van der Waals surface area contributed by atoms with Gasteiger partial charge in [0.25, 0.3) is 0 Å². The molecular formula is C14H19N3O. The van der Waals surface area contributed by atoms with Gasteiger partial charge in [0, 0.05) is 24.5 Å². The smallest absolute Gasteiger partial charge is 0.322 e. The lowest BCUT2D eigenvalue weighted by atomic mass is 9.94. The van der Waals surface area contributed by atoms with E-state index in [0.29, 0.717) is 0 Å². The van der Waals surface area contributed by atoms with Gasteiger partial charge in [-0.05, 0) is 32.4 Å². The molecule has 2 rings (SSSR count). The summed E-state index contributed by atoms with van der Waals surface area (Å²) in [6, 6.07) is 7.76. The number of rotatable bonds is 2. The third-order valence-electron chi connectivity index (χ3n) is 3.07. The number of hydrogen-bond acceptors (Lipinski definition) is 2. The van der Waals surface area contributed by atoms with E-state index in [1.165, 1.54) is 0 Å². The Balaban J connectivity index is 2.76. The lowest BCUT2D eigenvalue weighted by molar-refractivity contribution is 0.550. The van der Waals surface area contributed by atoms with Crippen LogP contribution in [0.15, 0.2) is 35.3 Å². The number of aromatic nitrogens is 2. The molecule has 18 heavy (non-hydrogen) atoms. The zero-order chi connectivity index (χ0) is 13.5. The van der Waals surface area contributed by atoms with Gasteiger partial charge in [-0.15, -0.1) is 0 Å². The third-order valence-corrected chi connectivity index (χ3v) is 3.07. The predicted octanol–water partition coefficient (Wildman–Crippen LogP) is 1.68. The first-order valence-corrected chi connectivity index (χ1v) is 5.96. The van der Waals surface area contributed by atoms with E-state index >= 15 is 0 Å². The van der Waals surface area contributed by atoms with E-state index in [-0.39, 0.29) is 5.69 Å². The van der Waals surface area contributed by atoms with Crippen molar-refractivity contribution in [2.24, 2.45) is 12.8 Å². The van der Waals surface area contributed by atoms with Gasteiger partial charge in [0.1, 0.15) is 0 Å². The fraction of sp³-hybridized carbons (Fsp3) is 0.357. The van der Waals surface area contributed by atoms with Crippen molar-refractivity contribution in [3.05, 3.63) is 52.2 Å². The highest BCUT2D eigenvalue weighted by Crippen LogP contribution is 2.24. The summed E-state index contributed by atoms with van der Waals surface area (Å²) in [4.78, 5) is 12.2. The summed E-state index contributed by atoms with van der Waals surface area (Å²) in [5.74, 6) is 0. The third kappa shape index (κ3) is 1.99. The minimum atomic E-state index is -0.488. The topological polar surface area (TPSA) is 53.0 Å². The molecule has 4 heteroatoms. The molecule has 1 heterocycles. The molecule has 0 aliphatic rings. The Bertz CT molecular complexity index is 629. The predicted molar refractivity (Wildman–Crippen MR) is 73.0 cm³/mol. The van der Waals surface area contributed by atoms with E-state index in [4.69, 9.17) is 5.73 Å². The highest BCUT2D eigenvalue weighted by molar-refractivity contribution is 5.45. The second kappa shape index (κ2) is 4.14. The summed E-state index contributed by atoms with van der Waals surface area (Å²) in [5, 5.41) is 0. The van der Waals surface area contributed by atoms with Crippen molar-refractivity contribution in [2.45, 2.75) is 26.3 Å². The van der Waals surface area contributed by atoms with E-state index < -0.39 is 5.54 Å². The van der Waals surface area contributed by atoms with E-state index in [2.05, 4.69) is 0 Å². The molecule has 4 nitrogen and oxygen atoms in total. The Labute approximate surface area is 107 Å². The lowest BCUT2D eigenvalue weighted by Crippen LogP contribution is -2.32. The van der Waals surface area contributed by atoms with Crippen molar-refractivity contribution in [3.8, 4) is 5.69 Å². The molecule has 2 N–H and O–H groups in total. The van der Waals surface area contributed by atoms with Gasteiger partial charge in [-0.25, -0.2) is 4.79 Å². The first kappa shape index (κ1) is 12.6. The van der Waals surface area contributed by atoms with Crippen LogP contribution in [0.25, 0.3) is 5.69 Å². The molecule has 0 spiro atoms. The molecule has 0 amide bonds. The van der Waals surface area contributed by atoms with Crippen molar-refractivity contribution in [3.63, 3.8) is 0 Å². The normalized spacial score (nSPS) is 11.8. The van der Waals surface area contributed by atoms with Gasteiger partial charge >= 0.3 is 5.69 Å². The average Bonchev–Trinajstić information content (AvgIpc) is 2.52. The fourth-order valence-corrected chi connectivity index (χ4v) is 2.21. The summed E-state index contributed by atoms with van der Waals surface area (Å²) in [7, 11) is 1.75. The largest absolute Gasteiger partial charge is 0.332 e. The van der Waals surface area contributed by atoms with Gasteiger partial charge in [-0.3, -0.25) is 4.57 Å². The number of para-hydroxylation sites is 1. The number of nitrogens with zero attached hydrogens (tertiary/aromatic N) is 2. The Morgan fingerprint density at radius 3 is 2.33 bits per heavy atom. The molecule has 0 aliphatic heterocycles. The zero-order valence-electron chi connectivity index (χ0n) is 11.3. The molecule has 96 valence electrons. The maximum absolute atomic E-state index is 12.2. The van der Waals surface area contributed by atoms with Gasteiger partial charge in [-0.2, -0.15) is 0 Å². The van der Waals surface area contributed by atoms with Gasteiger partial charge < -0.3 is 10.3 Å². The summed E-state index contributed by atoms with van der Waals surface area (Å²) < 4.78 is 3.28. The molecule has 0 saturated carbocycles. The lowest BCUT2D eigenvalue weighted by Gasteiger charge is -2.23. The van der Waals surface area contributed by atoms with Crippen LogP contribution >= 0.6 is 0 Å². The van der Waals surface area contributed by atoms with Crippen molar-refractivity contribution < 1.29 is 0 Å². The van der Waals surface area contributed by atoms with Crippen molar-refractivity contribution in [1.29, 1.82) is 0 Å². The molecule has 0 atom stereocenters. The van der Waals surface area contributed by atoms with Crippen molar-refractivity contribution in [2.75, 3.05) is 0 Å². The second-order valence-corrected chi connectivity index (χ2v) is 5.24. The van der Waals surface area contributed by atoms with Crippen LogP contribution in [0.3, 0.4) is 0 Å². The fourth-order valence-electron chi connectivity index (χ4n) is 2.21. The Morgan fingerprint density at radius 1 is 1.22 bits per heavy atom. The van der Waals surface area contributed by atoms with Gasteiger partial charge in [0.05, 0.1) is 5.69 Å². The SMILES string of the molecule is Cc1cn(C)c(=O)n1-c1ccccc1C(C)(C)N. The highest BCUT2D eigenvalue weighted by atomic mass is 16.1. The van der Waals surface area contributed by atoms with Crippen LogP contribution in [-0.2, 0) is 12.6 Å². The Morgan fingerprint density at radius 2 is 1.83 bits per heavy atom. The molecule has 0 saturated heterocycles. The van der Waals surface area contributed by atoms with E-state index in [9.17, 15) is 4.79 Å². The monoisotopic (exact) mass is 245 g/mol. The molecule has 1 aromatic heterocycles. The van der Waals surface area contributed by atoms with Gasteiger partial charge in [0.15, 0.2) is 0 Å². The summed E-state index contributed by atoms with van der Waals surface area (Å²) >= 11 is 0. The molecule has 2 aromatic rings. The molecule has 0 unspecified atom stereocenters. The maximum atomic E-state index is 12.2. The second-order valence-electron chi connectivity index (χ2n) is 5.24. The molecule has 0 fully saturated rings. The number of hydrogen-bond donors (Lipinski definition) is 1. The standard InChI is InChI=1S/C14H19N3O/c1-10-9-16(4)13(18)17(10)12-8-6-5-7-11(12)14(2,3)15/h5-9H,15H2,1-4H3. The molecule has 0 radical (unpaired) electrons. The summed E-state index contributed by atoms with van der Waals surface area (Å²) in [6.07, 6.45) is 1.82. The Hall–Kier alpha value is -1.81. The van der Waals surface area contributed by atoms with Crippen LogP contribution in [0.5, 0.6) is 0 Å². The van der Waals surface area contributed by atoms with Crippen molar-refractivity contribution >= 4 is 0 Å². The summed E-state index contributed by atoms with van der Waals surface area (Å²) in [5.41, 5.74) is 8.36. The van der Waals surface area contributed by atoms with Crippen LogP contribution in [-0.4, -0.2) is 9.13 Å². The number of aryl methyl sites for hydroxylation is 2. The van der Waals surface area contributed by atoms with E-state index in [0.717, 1.165) is 16.9 Å². The van der Waals surface area contributed by atoms with Crippen LogP contribution in [0.4, 0.5) is 0 Å². The molecule has 1 aromatic carbocycles. The van der Waals surface area contributed by atoms with E-state index in [1.54, 1.807) is 16.2 Å². The number of benzene rings is 1. The molecule has 0 aliphatic carbocycles. The number of nitrogens with two attached hydrogens (primary N) is 1. The van der Waals surface area contributed by atoms with Gasteiger partial charge in [-0.1, -0.05) is 18.2 Å². The van der Waals surface area contributed by atoms with Crippen LogP contribution in [0.2, 0.25) is 0 Å². The number of imidazole rings is 1. The zero-order valence-corrected chi connectivity index (χ0v) is 11.3. The minimum absolute atomic E-state index is 0.0517. The first-order valence-electron chi connectivity index (χ1n) is 5.96. The van der Waals surface area contributed by atoms with E-state index in [1.807, 2.05) is 51.2 Å².